The first-order chi connectivity index (χ1) is 11.7. The summed E-state index contributed by atoms with van der Waals surface area (Å²) >= 11 is 1.44. The highest BCUT2D eigenvalue weighted by Gasteiger charge is 2.24. The monoisotopic (exact) mass is 346 g/mol. The molecule has 3 heterocycles. The van der Waals surface area contributed by atoms with Gasteiger partial charge in [0.1, 0.15) is 5.82 Å². The lowest BCUT2D eigenvalue weighted by molar-refractivity contribution is 0.191. The van der Waals surface area contributed by atoms with Crippen molar-refractivity contribution < 1.29 is 4.79 Å². The smallest absolute Gasteiger partial charge is 0.318 e. The lowest BCUT2D eigenvalue weighted by atomic mass is 10.2. The minimum atomic E-state index is -0.105. The molecule has 1 saturated heterocycles. The number of anilines is 1. The fourth-order valence-corrected chi connectivity index (χ4v) is 3.40. The van der Waals surface area contributed by atoms with Gasteiger partial charge in [0.15, 0.2) is 0 Å². The molecule has 0 saturated carbocycles. The first-order valence-electron chi connectivity index (χ1n) is 8.21. The van der Waals surface area contributed by atoms with Gasteiger partial charge >= 0.3 is 6.03 Å². The number of hydrogen-bond acceptors (Lipinski definition) is 6. The molecular weight excluding hydrogens is 324 g/mol. The molecular formula is C16H22N6OS. The van der Waals surface area contributed by atoms with Crippen molar-refractivity contribution in [2.75, 3.05) is 31.1 Å². The third-order valence-electron chi connectivity index (χ3n) is 4.08. The van der Waals surface area contributed by atoms with Crippen LogP contribution in [0.15, 0.2) is 24.4 Å². The van der Waals surface area contributed by atoms with E-state index >= 15 is 0 Å². The maximum Gasteiger partial charge on any atom is 0.318 e. The first-order valence-corrected chi connectivity index (χ1v) is 8.98. The number of urea groups is 1. The Morgan fingerprint density at radius 2 is 2.12 bits per heavy atom. The van der Waals surface area contributed by atoms with Gasteiger partial charge < -0.3 is 15.1 Å². The Bertz CT molecular complexity index is 668. The van der Waals surface area contributed by atoms with E-state index in [9.17, 15) is 4.79 Å². The highest BCUT2D eigenvalue weighted by Crippen LogP contribution is 2.19. The highest BCUT2D eigenvalue weighted by molar-refractivity contribution is 7.09. The zero-order valence-corrected chi connectivity index (χ0v) is 14.8. The van der Waals surface area contributed by atoms with Crippen molar-refractivity contribution in [2.45, 2.75) is 26.3 Å². The number of carbonyl (C=O) groups is 1. The summed E-state index contributed by atoms with van der Waals surface area (Å²) in [4.78, 5) is 25.3. The lowest BCUT2D eigenvalue weighted by Gasteiger charge is -2.34. The number of aryl methyl sites for hydroxylation is 1. The summed E-state index contributed by atoms with van der Waals surface area (Å²) in [5.74, 6) is 0.888. The molecule has 7 nitrogen and oxygen atoms in total. The van der Waals surface area contributed by atoms with Gasteiger partial charge in [0.2, 0.25) is 5.13 Å². The number of nitrogens with one attached hydrogen (secondary N) is 1. The number of amides is 2. The Morgan fingerprint density at radius 3 is 2.75 bits per heavy atom. The Morgan fingerprint density at radius 1 is 1.33 bits per heavy atom. The second-order valence-corrected chi connectivity index (χ2v) is 6.48. The molecule has 2 aromatic rings. The van der Waals surface area contributed by atoms with Crippen LogP contribution in [0.5, 0.6) is 0 Å². The van der Waals surface area contributed by atoms with Crippen LogP contribution < -0.4 is 10.2 Å². The van der Waals surface area contributed by atoms with Crippen LogP contribution in [0.2, 0.25) is 0 Å². The second kappa shape index (κ2) is 7.57. The first kappa shape index (κ1) is 16.6. The van der Waals surface area contributed by atoms with Gasteiger partial charge in [-0.2, -0.15) is 4.37 Å². The fraction of sp³-hybridized carbons (Fsp3) is 0.500. The number of hydrogen-bond donors (Lipinski definition) is 1. The Labute approximate surface area is 145 Å². The zero-order valence-electron chi connectivity index (χ0n) is 14.0. The average Bonchev–Trinajstić information content (AvgIpc) is 3.11. The van der Waals surface area contributed by atoms with Crippen LogP contribution in [0.25, 0.3) is 0 Å². The Kier molecular flexibility index (Phi) is 5.24. The van der Waals surface area contributed by atoms with Gasteiger partial charge in [-0.3, -0.25) is 4.98 Å². The van der Waals surface area contributed by atoms with Crippen LogP contribution in [0.1, 0.15) is 31.4 Å². The SMILES string of the molecule is CCc1nsc(N2CCN(C(=O)N[C@H](C)c3ccccn3)CC2)n1. The van der Waals surface area contributed by atoms with Crippen LogP contribution in [0, 0.1) is 0 Å². The summed E-state index contributed by atoms with van der Waals surface area (Å²) in [7, 11) is 0. The third-order valence-corrected chi connectivity index (χ3v) is 4.90. The summed E-state index contributed by atoms with van der Waals surface area (Å²) in [5.41, 5.74) is 0.866. The minimum Gasteiger partial charge on any atom is -0.343 e. The van der Waals surface area contributed by atoms with Crippen molar-refractivity contribution >= 4 is 22.7 Å². The molecule has 1 aliphatic rings. The van der Waals surface area contributed by atoms with Crippen molar-refractivity contribution in [3.8, 4) is 0 Å². The van der Waals surface area contributed by atoms with Gasteiger partial charge in [-0.15, -0.1) is 0 Å². The quantitative estimate of drug-likeness (QED) is 0.917. The maximum absolute atomic E-state index is 12.4. The van der Waals surface area contributed by atoms with Crippen LogP contribution in [-0.2, 0) is 6.42 Å². The number of pyridine rings is 1. The maximum atomic E-state index is 12.4. The van der Waals surface area contributed by atoms with Gasteiger partial charge in [0, 0.05) is 50.3 Å². The molecule has 0 bridgehead atoms. The molecule has 0 aliphatic carbocycles. The van der Waals surface area contributed by atoms with Crippen molar-refractivity contribution in [3.63, 3.8) is 0 Å². The molecule has 3 rings (SSSR count). The van der Waals surface area contributed by atoms with Crippen LogP contribution in [0.3, 0.4) is 0 Å². The number of rotatable bonds is 4. The van der Waals surface area contributed by atoms with Crippen molar-refractivity contribution in [2.24, 2.45) is 0 Å². The Hall–Kier alpha value is -2.22. The molecule has 2 amide bonds. The van der Waals surface area contributed by atoms with Crippen LogP contribution >= 0.6 is 11.5 Å². The third kappa shape index (κ3) is 3.81. The van der Waals surface area contributed by atoms with E-state index in [0.29, 0.717) is 13.1 Å². The predicted octanol–water partition coefficient (Wildman–Crippen LogP) is 2.09. The second-order valence-electron chi connectivity index (χ2n) is 5.75. The Balaban J connectivity index is 1.51. The van der Waals surface area contributed by atoms with Gasteiger partial charge in [-0.05, 0) is 19.1 Å². The summed E-state index contributed by atoms with van der Waals surface area (Å²) in [6, 6.07) is 5.57. The van der Waals surface area contributed by atoms with Crippen LogP contribution in [0.4, 0.5) is 9.93 Å². The summed E-state index contributed by atoms with van der Waals surface area (Å²) < 4.78 is 4.33. The number of nitrogens with zero attached hydrogens (tertiary/aromatic N) is 5. The molecule has 0 radical (unpaired) electrons. The van der Waals surface area contributed by atoms with Crippen molar-refractivity contribution in [1.29, 1.82) is 0 Å². The van der Waals surface area contributed by atoms with Gasteiger partial charge in [-0.1, -0.05) is 13.0 Å². The van der Waals surface area contributed by atoms with E-state index in [1.165, 1.54) is 11.5 Å². The van der Waals surface area contributed by atoms with Gasteiger partial charge in [-0.25, -0.2) is 9.78 Å². The molecule has 128 valence electrons. The van der Waals surface area contributed by atoms with Crippen molar-refractivity contribution in [1.82, 2.24) is 24.6 Å². The zero-order chi connectivity index (χ0) is 16.9. The van der Waals surface area contributed by atoms with E-state index in [0.717, 1.165) is 36.2 Å². The topological polar surface area (TPSA) is 74.2 Å². The van der Waals surface area contributed by atoms with Crippen molar-refractivity contribution in [3.05, 3.63) is 35.9 Å². The average molecular weight is 346 g/mol. The van der Waals surface area contributed by atoms with E-state index in [1.54, 1.807) is 6.20 Å². The summed E-state index contributed by atoms with van der Waals surface area (Å²) in [5, 5.41) is 3.97. The standard InChI is InChI=1S/C16H22N6OS/c1-3-14-19-16(24-20-14)22-10-8-21(9-11-22)15(23)18-12(2)13-6-4-5-7-17-13/h4-7,12H,3,8-11H2,1-2H3,(H,18,23)/t12-/m1/s1. The predicted molar refractivity (Wildman–Crippen MR) is 94.3 cm³/mol. The van der Waals surface area contributed by atoms with Crippen LogP contribution in [-0.4, -0.2) is 51.5 Å². The molecule has 0 aromatic carbocycles. The number of carbonyl (C=O) groups excluding carboxylic acids is 1. The fourth-order valence-electron chi connectivity index (χ4n) is 2.60. The molecule has 0 unspecified atom stereocenters. The molecule has 0 spiro atoms. The van der Waals surface area contributed by atoms with Gasteiger partial charge in [0.25, 0.3) is 0 Å². The summed E-state index contributed by atoms with van der Waals surface area (Å²) in [6.07, 6.45) is 2.59. The molecule has 8 heteroatoms. The normalized spacial score (nSPS) is 16.1. The molecule has 2 aromatic heterocycles. The largest absolute Gasteiger partial charge is 0.343 e. The molecule has 1 atom stereocenters. The molecule has 24 heavy (non-hydrogen) atoms. The highest BCUT2D eigenvalue weighted by atomic mass is 32.1. The molecule has 1 fully saturated rings. The summed E-state index contributed by atoms with van der Waals surface area (Å²) in [6.45, 7) is 6.93. The minimum absolute atomic E-state index is 0.0423. The van der Waals surface area contributed by atoms with E-state index in [2.05, 4.69) is 31.5 Å². The molecule has 1 aliphatic heterocycles. The van der Waals surface area contributed by atoms with E-state index in [-0.39, 0.29) is 12.1 Å². The number of aromatic nitrogens is 3. The lowest BCUT2D eigenvalue weighted by Crippen LogP contribution is -2.52. The molecule has 1 N–H and O–H groups in total. The van der Waals surface area contributed by atoms with E-state index < -0.39 is 0 Å². The van der Waals surface area contributed by atoms with E-state index in [4.69, 9.17) is 0 Å². The van der Waals surface area contributed by atoms with Gasteiger partial charge in [0.05, 0.1) is 11.7 Å². The number of piperazine rings is 1. The van der Waals surface area contributed by atoms with E-state index in [1.807, 2.05) is 30.0 Å².